The highest BCUT2D eigenvalue weighted by Crippen LogP contribution is 2.15. The highest BCUT2D eigenvalue weighted by Gasteiger charge is 2.19. The van der Waals surface area contributed by atoms with Crippen LogP contribution in [0.1, 0.15) is 265 Å². The van der Waals surface area contributed by atoms with Crippen LogP contribution >= 0.6 is 0 Å². The molecule has 1 unspecified atom stereocenters. The predicted octanol–water partition coefficient (Wildman–Crippen LogP) is 21.0. The van der Waals surface area contributed by atoms with E-state index in [0.29, 0.717) is 12.8 Å². The number of rotatable bonds is 54. The van der Waals surface area contributed by atoms with Gasteiger partial charge in [-0.25, -0.2) is 0 Å². The molecule has 0 spiro atoms. The molecule has 0 aliphatic rings. The molecule has 0 aliphatic carbocycles. The van der Waals surface area contributed by atoms with Gasteiger partial charge in [0.1, 0.15) is 13.2 Å². The average Bonchev–Trinajstić information content (AvgIpc) is 3.41. The molecule has 6 heteroatoms. The smallest absolute Gasteiger partial charge is 0.306 e. The van der Waals surface area contributed by atoms with Crippen LogP contribution in [0, 0.1) is 0 Å². The van der Waals surface area contributed by atoms with E-state index in [1.807, 2.05) is 12.2 Å². The van der Waals surface area contributed by atoms with Crippen LogP contribution in [0.5, 0.6) is 0 Å². The zero-order valence-corrected chi connectivity index (χ0v) is 48.5. The first-order valence-electron chi connectivity index (χ1n) is 30.7. The van der Waals surface area contributed by atoms with Gasteiger partial charge in [-0.3, -0.25) is 14.4 Å². The molecule has 0 radical (unpaired) electrons. The Hall–Kier alpha value is -4.45. The van der Waals surface area contributed by atoms with E-state index in [1.54, 1.807) is 0 Å². The van der Waals surface area contributed by atoms with Crippen molar-refractivity contribution in [3.8, 4) is 0 Å². The second-order valence-corrected chi connectivity index (χ2v) is 19.8. The Kier molecular flexibility index (Phi) is 58.4. The maximum atomic E-state index is 12.9. The van der Waals surface area contributed by atoms with Crippen molar-refractivity contribution in [2.24, 2.45) is 0 Å². The van der Waals surface area contributed by atoms with Gasteiger partial charge in [-0.1, -0.05) is 257 Å². The number of esters is 3. The number of hydrogen-bond acceptors (Lipinski definition) is 6. The van der Waals surface area contributed by atoms with Gasteiger partial charge in [0.05, 0.1) is 0 Å². The lowest BCUT2D eigenvalue weighted by Crippen LogP contribution is -2.30. The predicted molar refractivity (Wildman–Crippen MR) is 325 cm³/mol. The molecule has 0 N–H and O–H groups in total. The highest BCUT2D eigenvalue weighted by atomic mass is 16.6. The summed E-state index contributed by atoms with van der Waals surface area (Å²) in [6, 6.07) is 0. The topological polar surface area (TPSA) is 78.9 Å². The van der Waals surface area contributed by atoms with Gasteiger partial charge in [0.15, 0.2) is 6.10 Å². The molecule has 6 nitrogen and oxygen atoms in total. The third kappa shape index (κ3) is 60.3. The number of carbonyl (C=O) groups excluding carboxylic acids is 3. The van der Waals surface area contributed by atoms with Gasteiger partial charge in [0.2, 0.25) is 0 Å². The second kappa shape index (κ2) is 62.1. The van der Waals surface area contributed by atoms with E-state index >= 15 is 0 Å². The van der Waals surface area contributed by atoms with Crippen LogP contribution in [0.3, 0.4) is 0 Å². The van der Waals surface area contributed by atoms with E-state index in [2.05, 4.69) is 142 Å². The van der Waals surface area contributed by atoms with E-state index in [0.717, 1.165) is 122 Å². The Balaban J connectivity index is 4.44. The van der Waals surface area contributed by atoms with Crippen molar-refractivity contribution in [2.45, 2.75) is 271 Å². The Morgan fingerprint density at radius 2 is 0.547 bits per heavy atom. The summed E-state index contributed by atoms with van der Waals surface area (Å²) in [6.45, 7) is 6.32. The van der Waals surface area contributed by atoms with Crippen molar-refractivity contribution in [3.05, 3.63) is 134 Å². The summed E-state index contributed by atoms with van der Waals surface area (Å²) >= 11 is 0. The summed E-state index contributed by atoms with van der Waals surface area (Å²) in [6.07, 6.45) is 87.5. The van der Waals surface area contributed by atoms with E-state index < -0.39 is 6.10 Å². The Morgan fingerprint density at radius 1 is 0.280 bits per heavy atom. The number of allylic oxidation sites excluding steroid dienone is 22. The van der Waals surface area contributed by atoms with Crippen molar-refractivity contribution in [1.29, 1.82) is 0 Å². The fraction of sp³-hybridized carbons (Fsp3) is 0.638. The molecule has 75 heavy (non-hydrogen) atoms. The van der Waals surface area contributed by atoms with Gasteiger partial charge in [0, 0.05) is 19.3 Å². The standard InChI is InChI=1S/C69H112O6/c1-4-7-10-13-16-19-22-25-27-29-31-33-34-36-37-39-41-44-47-50-53-56-59-62-68(71)74-65-66(64-73-67(70)61-58-55-52-49-46-43-24-21-18-15-12-9-6-3)75-69(72)63-60-57-54-51-48-45-42-40-38-35-32-30-28-26-23-20-17-14-11-8-5-2/h8-9,11-12,17-18,20-22,25-26,28-29,31-32,35,40,42-43,46,52,55,66H,4-7,10,13-16,19,23-24,27,30,33-34,36-39,41,44-45,47-51,53-54,56-65H2,1-3H3/b11-8-,12-9-,20-17-,21-18-,25-22-,28-26-,31-29-,35-32-,42-40-,46-43-,55-52-. The number of ether oxygens (including phenoxy) is 3. The minimum Gasteiger partial charge on any atom is -0.462 e. The van der Waals surface area contributed by atoms with Gasteiger partial charge in [-0.2, -0.15) is 0 Å². The first kappa shape index (κ1) is 70.5. The summed E-state index contributed by atoms with van der Waals surface area (Å²) in [5.74, 6) is -1.02. The molecule has 0 saturated heterocycles. The molecule has 0 bridgehead atoms. The minimum atomic E-state index is -0.824. The van der Waals surface area contributed by atoms with Crippen LogP contribution in [-0.2, 0) is 28.6 Å². The van der Waals surface area contributed by atoms with Crippen LogP contribution in [0.25, 0.3) is 0 Å². The molecule has 0 aliphatic heterocycles. The van der Waals surface area contributed by atoms with Crippen molar-refractivity contribution in [3.63, 3.8) is 0 Å². The zero-order chi connectivity index (χ0) is 54.3. The number of carbonyl (C=O) groups is 3. The van der Waals surface area contributed by atoms with Crippen molar-refractivity contribution in [2.75, 3.05) is 13.2 Å². The lowest BCUT2D eigenvalue weighted by molar-refractivity contribution is -0.166. The number of hydrogen-bond donors (Lipinski definition) is 0. The fourth-order valence-electron chi connectivity index (χ4n) is 8.10. The average molecular weight is 1040 g/mol. The molecule has 0 aromatic carbocycles. The summed E-state index contributed by atoms with van der Waals surface area (Å²) in [5.41, 5.74) is 0. The lowest BCUT2D eigenvalue weighted by atomic mass is 10.0. The summed E-state index contributed by atoms with van der Waals surface area (Å²) in [5, 5.41) is 0. The number of unbranched alkanes of at least 4 members (excludes halogenated alkanes) is 21. The van der Waals surface area contributed by atoms with Gasteiger partial charge >= 0.3 is 17.9 Å². The third-order valence-corrected chi connectivity index (χ3v) is 12.6. The van der Waals surface area contributed by atoms with Gasteiger partial charge in [-0.15, -0.1) is 0 Å². The van der Waals surface area contributed by atoms with Crippen LogP contribution in [-0.4, -0.2) is 37.2 Å². The van der Waals surface area contributed by atoms with Crippen LogP contribution in [0.4, 0.5) is 0 Å². The first-order chi connectivity index (χ1) is 37.0. The summed E-state index contributed by atoms with van der Waals surface area (Å²) < 4.78 is 16.8. The molecule has 0 fully saturated rings. The van der Waals surface area contributed by atoms with Crippen LogP contribution in [0.2, 0.25) is 0 Å². The van der Waals surface area contributed by atoms with E-state index in [1.165, 1.54) is 96.3 Å². The van der Waals surface area contributed by atoms with Gasteiger partial charge < -0.3 is 14.2 Å². The molecular weight excluding hydrogens is 925 g/mol. The lowest BCUT2D eigenvalue weighted by Gasteiger charge is -2.18. The van der Waals surface area contributed by atoms with Crippen molar-refractivity contribution < 1.29 is 28.6 Å². The third-order valence-electron chi connectivity index (χ3n) is 12.6. The Labute approximate surface area is 462 Å². The molecule has 0 aromatic heterocycles. The molecule has 0 saturated carbocycles. The first-order valence-corrected chi connectivity index (χ1v) is 30.7. The molecule has 0 aromatic rings. The SMILES string of the molecule is CC/C=C\C/C=C\C/C=C\C/C=C\C/C=C\CCCCCCCC(=O)OC(COC(=O)CC/C=C\C/C=C\C/C=C\C/C=C\CC)COC(=O)CCCCCCCCCCCCC/C=C\C/C=C\CCCCCCC. The summed E-state index contributed by atoms with van der Waals surface area (Å²) in [4.78, 5) is 38.2. The second-order valence-electron chi connectivity index (χ2n) is 19.8. The zero-order valence-electron chi connectivity index (χ0n) is 48.5. The van der Waals surface area contributed by atoms with Crippen molar-refractivity contribution in [1.82, 2.24) is 0 Å². The summed E-state index contributed by atoms with van der Waals surface area (Å²) in [7, 11) is 0. The minimum absolute atomic E-state index is 0.113. The molecule has 0 heterocycles. The highest BCUT2D eigenvalue weighted by molar-refractivity contribution is 5.71. The Bertz CT molecular complexity index is 1620. The van der Waals surface area contributed by atoms with Gasteiger partial charge in [-0.05, 0) is 122 Å². The molecule has 424 valence electrons. The van der Waals surface area contributed by atoms with E-state index in [9.17, 15) is 14.4 Å². The van der Waals surface area contributed by atoms with E-state index in [-0.39, 0.29) is 44.0 Å². The van der Waals surface area contributed by atoms with E-state index in [4.69, 9.17) is 14.2 Å². The van der Waals surface area contributed by atoms with Gasteiger partial charge in [0.25, 0.3) is 0 Å². The monoisotopic (exact) mass is 1040 g/mol. The largest absolute Gasteiger partial charge is 0.462 e. The maximum Gasteiger partial charge on any atom is 0.306 e. The molecular formula is C69H112O6. The fourth-order valence-corrected chi connectivity index (χ4v) is 8.10. The molecule has 0 rings (SSSR count). The maximum absolute atomic E-state index is 12.9. The van der Waals surface area contributed by atoms with Crippen molar-refractivity contribution >= 4 is 17.9 Å². The Morgan fingerprint density at radius 3 is 0.893 bits per heavy atom. The van der Waals surface area contributed by atoms with Crippen LogP contribution < -0.4 is 0 Å². The normalized spacial score (nSPS) is 13.1. The molecule has 1 atom stereocenters. The molecule has 0 amide bonds. The quantitative estimate of drug-likeness (QED) is 0.0261. The van der Waals surface area contributed by atoms with Crippen LogP contribution in [0.15, 0.2) is 134 Å².